The van der Waals surface area contributed by atoms with Crippen molar-refractivity contribution in [2.45, 2.75) is 13.3 Å². The third-order valence-electron chi connectivity index (χ3n) is 4.07. The summed E-state index contributed by atoms with van der Waals surface area (Å²) in [5, 5.41) is 6.81. The van der Waals surface area contributed by atoms with E-state index in [4.69, 9.17) is 20.8 Å². The maximum atomic E-state index is 12.0. The molecule has 2 rings (SSSR count). The number of amides is 1. The van der Waals surface area contributed by atoms with Gasteiger partial charge >= 0.3 is 0 Å². The largest absolute Gasteiger partial charge is 0.492 e. The van der Waals surface area contributed by atoms with Crippen molar-refractivity contribution in [2.75, 3.05) is 40.3 Å². The summed E-state index contributed by atoms with van der Waals surface area (Å²) in [6.45, 7) is 4.28. The molecular weight excluding hydrogens is 507 g/mol. The molecule has 0 aliphatic carbocycles. The van der Waals surface area contributed by atoms with Crippen LogP contribution in [0.15, 0.2) is 46.0 Å². The van der Waals surface area contributed by atoms with Crippen LogP contribution in [0.3, 0.4) is 0 Å². The zero-order valence-electron chi connectivity index (χ0n) is 16.9. The Bertz CT molecular complexity index is 780. The Morgan fingerprint density at radius 1 is 1.21 bits per heavy atom. The van der Waals surface area contributed by atoms with Crippen LogP contribution in [-0.4, -0.2) is 57.1 Å². The lowest BCUT2D eigenvalue weighted by atomic mass is 10.2. The highest BCUT2D eigenvalue weighted by atomic mass is 127. The Balaban J connectivity index is 0.00000420. The molecule has 0 bridgehead atoms. The van der Waals surface area contributed by atoms with Crippen molar-refractivity contribution in [3.8, 4) is 5.75 Å². The van der Waals surface area contributed by atoms with Gasteiger partial charge in [0.1, 0.15) is 12.4 Å². The highest BCUT2D eigenvalue weighted by Gasteiger charge is 2.11. The molecule has 0 fully saturated rings. The molecule has 2 N–H and O–H groups in total. The van der Waals surface area contributed by atoms with Gasteiger partial charge < -0.3 is 24.7 Å². The van der Waals surface area contributed by atoms with Gasteiger partial charge in [0, 0.05) is 37.8 Å². The number of furan rings is 1. The number of benzene rings is 1. The number of rotatable bonds is 9. The lowest BCUT2D eigenvalue weighted by molar-refractivity contribution is 0.0925. The molecule has 9 heteroatoms. The number of nitrogens with zero attached hydrogens (tertiary/aromatic N) is 2. The fourth-order valence-electron chi connectivity index (χ4n) is 2.50. The number of nitrogens with one attached hydrogen (secondary N) is 2. The highest BCUT2D eigenvalue weighted by Crippen LogP contribution is 2.15. The Kier molecular flexibility index (Phi) is 11.5. The van der Waals surface area contributed by atoms with Gasteiger partial charge in [-0.3, -0.25) is 9.79 Å². The number of hydrogen-bond acceptors (Lipinski definition) is 4. The first-order valence-electron chi connectivity index (χ1n) is 9.13. The van der Waals surface area contributed by atoms with E-state index < -0.39 is 0 Å². The smallest absolute Gasteiger partial charge is 0.287 e. The maximum absolute atomic E-state index is 12.0. The molecule has 0 unspecified atom stereocenters. The summed E-state index contributed by atoms with van der Waals surface area (Å²) in [5.74, 6) is 1.73. The molecule has 160 valence electrons. The van der Waals surface area contributed by atoms with Crippen molar-refractivity contribution in [3.05, 3.63) is 52.9 Å². The quantitative estimate of drug-likeness (QED) is 0.223. The normalized spacial score (nSPS) is 10.8. The van der Waals surface area contributed by atoms with Gasteiger partial charge in [0.15, 0.2) is 11.7 Å². The number of likely N-dealkylation sites (N-methyl/N-ethyl adjacent to an activating group) is 1. The second-order valence-corrected chi connectivity index (χ2v) is 6.68. The fourth-order valence-corrected chi connectivity index (χ4v) is 2.62. The van der Waals surface area contributed by atoms with Crippen LogP contribution in [0.2, 0.25) is 5.02 Å². The number of guanidine groups is 1. The molecule has 0 aliphatic heterocycles. The Morgan fingerprint density at radius 2 is 1.90 bits per heavy atom. The number of aliphatic imine (C=N–C) groups is 1. The Hall–Kier alpha value is -1.94. The zero-order valence-corrected chi connectivity index (χ0v) is 20.0. The van der Waals surface area contributed by atoms with Crippen LogP contribution in [-0.2, 0) is 0 Å². The minimum atomic E-state index is -0.191. The molecule has 1 aromatic carbocycles. The maximum Gasteiger partial charge on any atom is 0.287 e. The lowest BCUT2D eigenvalue weighted by Crippen LogP contribution is -2.41. The molecule has 1 heterocycles. The van der Waals surface area contributed by atoms with Crippen molar-refractivity contribution in [2.24, 2.45) is 4.99 Å². The van der Waals surface area contributed by atoms with Crippen LogP contribution >= 0.6 is 35.6 Å². The van der Waals surface area contributed by atoms with Gasteiger partial charge in [-0.25, -0.2) is 0 Å². The van der Waals surface area contributed by atoms with Crippen LogP contribution in [0.5, 0.6) is 5.75 Å². The van der Waals surface area contributed by atoms with Crippen LogP contribution in [0, 0.1) is 6.92 Å². The van der Waals surface area contributed by atoms with Gasteiger partial charge in [0.2, 0.25) is 0 Å². The first kappa shape index (κ1) is 25.1. The molecule has 2 aromatic rings. The molecule has 1 aromatic heterocycles. The third-order valence-corrected chi connectivity index (χ3v) is 4.32. The van der Waals surface area contributed by atoms with Gasteiger partial charge in [0.05, 0.1) is 12.8 Å². The van der Waals surface area contributed by atoms with Gasteiger partial charge in [-0.05, 0) is 43.7 Å². The van der Waals surface area contributed by atoms with E-state index in [0.717, 1.165) is 23.7 Å². The summed E-state index contributed by atoms with van der Waals surface area (Å²) < 4.78 is 10.9. The average molecular weight is 535 g/mol. The van der Waals surface area contributed by atoms with Crippen molar-refractivity contribution >= 4 is 47.4 Å². The van der Waals surface area contributed by atoms with Crippen molar-refractivity contribution in [1.29, 1.82) is 0 Å². The second kappa shape index (κ2) is 13.3. The summed E-state index contributed by atoms with van der Waals surface area (Å²) in [6, 6.07) is 9.05. The number of hydrogen-bond donors (Lipinski definition) is 2. The monoisotopic (exact) mass is 534 g/mol. The summed E-state index contributed by atoms with van der Waals surface area (Å²) in [4.78, 5) is 18.2. The van der Waals surface area contributed by atoms with Gasteiger partial charge in [-0.1, -0.05) is 11.6 Å². The van der Waals surface area contributed by atoms with Crippen molar-refractivity contribution in [1.82, 2.24) is 15.5 Å². The van der Waals surface area contributed by atoms with Crippen LogP contribution < -0.4 is 15.4 Å². The fraction of sp³-hybridized carbons (Fsp3) is 0.400. The summed E-state index contributed by atoms with van der Waals surface area (Å²) in [5.41, 5.74) is 0.832. The molecule has 0 saturated carbocycles. The van der Waals surface area contributed by atoms with Gasteiger partial charge in [-0.15, -0.1) is 24.0 Å². The van der Waals surface area contributed by atoms with E-state index in [9.17, 15) is 4.79 Å². The molecule has 29 heavy (non-hydrogen) atoms. The van der Waals surface area contributed by atoms with Crippen molar-refractivity contribution in [3.63, 3.8) is 0 Å². The number of carbonyl (C=O) groups excluding carboxylic acids is 1. The average Bonchev–Trinajstić information content (AvgIpc) is 3.12. The standard InChI is InChI=1S/C20H27ClN4O3.HI/c1-15-9-13-28-18(15)19(26)23-10-4-11-24-20(22-2)25(3)12-14-27-17-7-5-16(21)6-8-17;/h5-9,13H,4,10-12,14H2,1-3H3,(H,22,24)(H,23,26);1H. The Morgan fingerprint density at radius 3 is 2.52 bits per heavy atom. The summed E-state index contributed by atoms with van der Waals surface area (Å²) in [7, 11) is 3.68. The first-order chi connectivity index (χ1) is 13.5. The van der Waals surface area contributed by atoms with E-state index in [1.54, 1.807) is 25.2 Å². The van der Waals surface area contributed by atoms with E-state index in [2.05, 4.69) is 15.6 Å². The number of aryl methyl sites for hydroxylation is 1. The first-order valence-corrected chi connectivity index (χ1v) is 9.51. The van der Waals surface area contributed by atoms with Crippen LogP contribution in [0.25, 0.3) is 0 Å². The third kappa shape index (κ3) is 8.53. The summed E-state index contributed by atoms with van der Waals surface area (Å²) in [6.07, 6.45) is 2.28. The Labute approximate surface area is 193 Å². The second-order valence-electron chi connectivity index (χ2n) is 6.24. The topological polar surface area (TPSA) is 79.1 Å². The predicted octanol–water partition coefficient (Wildman–Crippen LogP) is 3.57. The SMILES string of the molecule is CN=C(NCCCNC(=O)c1occc1C)N(C)CCOc1ccc(Cl)cc1.I. The van der Waals surface area contributed by atoms with E-state index >= 15 is 0 Å². The molecule has 0 saturated heterocycles. The van der Waals surface area contributed by atoms with E-state index in [1.807, 2.05) is 31.0 Å². The molecule has 1 amide bonds. The van der Waals surface area contributed by atoms with E-state index in [1.165, 1.54) is 6.26 Å². The number of carbonyl (C=O) groups is 1. The molecule has 0 spiro atoms. The molecule has 0 radical (unpaired) electrons. The van der Waals surface area contributed by atoms with E-state index in [0.29, 0.717) is 37.0 Å². The van der Waals surface area contributed by atoms with Crippen LogP contribution in [0.4, 0.5) is 0 Å². The summed E-state index contributed by atoms with van der Waals surface area (Å²) >= 11 is 5.86. The lowest BCUT2D eigenvalue weighted by Gasteiger charge is -2.22. The molecule has 0 aliphatic rings. The predicted molar refractivity (Wildman–Crippen MR) is 127 cm³/mol. The molecular formula is C20H28ClIN4O3. The van der Waals surface area contributed by atoms with Gasteiger partial charge in [0.25, 0.3) is 5.91 Å². The number of halogens is 2. The van der Waals surface area contributed by atoms with Gasteiger partial charge in [-0.2, -0.15) is 0 Å². The zero-order chi connectivity index (χ0) is 20.4. The van der Waals surface area contributed by atoms with Crippen molar-refractivity contribution < 1.29 is 13.9 Å². The van der Waals surface area contributed by atoms with E-state index in [-0.39, 0.29) is 29.9 Å². The highest BCUT2D eigenvalue weighted by molar-refractivity contribution is 14.0. The molecule has 7 nitrogen and oxygen atoms in total. The minimum absolute atomic E-state index is 0. The van der Waals surface area contributed by atoms with Crippen LogP contribution in [0.1, 0.15) is 22.5 Å². The number of ether oxygens (including phenoxy) is 1. The molecule has 0 atom stereocenters. The minimum Gasteiger partial charge on any atom is -0.492 e.